The number of benzene rings is 2. The largest absolute Gasteiger partial charge is 0.486 e. The number of carbonyl (C=O) groups excluding carboxylic acids is 2. The average Bonchev–Trinajstić information content (AvgIpc) is 2.81. The standard InChI is InChI=1S/C23H29N3O6S/c24-23(28)18-6-4-5-17(15-18)10-12-25-22(27)7-2-1-3-11-26-33(29,30)19-8-9-20-21(16-19)32-14-13-31-20/h4-6,8-9,15-16,26H,1-3,7,10-14H2,(H2,24,28)(H,25,27). The first-order valence-electron chi connectivity index (χ1n) is 10.9. The first-order valence-corrected chi connectivity index (χ1v) is 12.4. The summed E-state index contributed by atoms with van der Waals surface area (Å²) in [4.78, 5) is 23.3. The minimum atomic E-state index is -3.64. The Hall–Kier alpha value is -3.11. The van der Waals surface area contributed by atoms with Crippen molar-refractivity contribution in [2.45, 2.75) is 37.0 Å². The van der Waals surface area contributed by atoms with Crippen molar-refractivity contribution >= 4 is 21.8 Å². The molecule has 33 heavy (non-hydrogen) atoms. The zero-order valence-electron chi connectivity index (χ0n) is 18.3. The highest BCUT2D eigenvalue weighted by Crippen LogP contribution is 2.32. The molecule has 0 aliphatic carbocycles. The van der Waals surface area contributed by atoms with Crippen molar-refractivity contribution in [3.8, 4) is 11.5 Å². The molecule has 2 aromatic carbocycles. The molecule has 0 bridgehead atoms. The zero-order valence-corrected chi connectivity index (χ0v) is 19.2. The molecule has 0 saturated carbocycles. The second kappa shape index (κ2) is 11.7. The molecule has 2 amide bonds. The summed E-state index contributed by atoms with van der Waals surface area (Å²) in [5.41, 5.74) is 6.65. The molecular formula is C23H29N3O6S. The summed E-state index contributed by atoms with van der Waals surface area (Å²) in [6.45, 7) is 1.59. The van der Waals surface area contributed by atoms with Gasteiger partial charge in [0.05, 0.1) is 4.90 Å². The number of sulfonamides is 1. The molecule has 0 fully saturated rings. The molecule has 4 N–H and O–H groups in total. The number of ether oxygens (including phenoxy) is 2. The molecule has 1 aliphatic rings. The third-order valence-corrected chi connectivity index (χ3v) is 6.60. The van der Waals surface area contributed by atoms with Gasteiger partial charge in [-0.3, -0.25) is 9.59 Å². The SMILES string of the molecule is NC(=O)c1cccc(CCNC(=O)CCCCCNS(=O)(=O)c2ccc3c(c2)OCCO3)c1. The molecule has 0 atom stereocenters. The summed E-state index contributed by atoms with van der Waals surface area (Å²) in [6, 6.07) is 11.6. The van der Waals surface area contributed by atoms with Crippen molar-refractivity contribution in [3.05, 3.63) is 53.6 Å². The third-order valence-electron chi connectivity index (χ3n) is 5.14. The van der Waals surface area contributed by atoms with Gasteiger partial charge in [-0.15, -0.1) is 0 Å². The van der Waals surface area contributed by atoms with Gasteiger partial charge in [0.2, 0.25) is 21.8 Å². The highest BCUT2D eigenvalue weighted by molar-refractivity contribution is 7.89. The number of nitrogens with two attached hydrogens (primary N) is 1. The van der Waals surface area contributed by atoms with Crippen LogP contribution in [0.3, 0.4) is 0 Å². The van der Waals surface area contributed by atoms with E-state index < -0.39 is 15.9 Å². The summed E-state index contributed by atoms with van der Waals surface area (Å²) in [6.07, 6.45) is 2.98. The molecule has 178 valence electrons. The summed E-state index contributed by atoms with van der Waals surface area (Å²) in [7, 11) is -3.64. The molecule has 0 radical (unpaired) electrons. The Balaban J connectivity index is 1.30. The Morgan fingerprint density at radius 3 is 2.52 bits per heavy atom. The molecule has 10 heteroatoms. The first-order chi connectivity index (χ1) is 15.8. The number of amides is 2. The predicted molar refractivity (Wildman–Crippen MR) is 123 cm³/mol. The molecule has 2 aromatic rings. The van der Waals surface area contributed by atoms with E-state index in [1.54, 1.807) is 24.3 Å². The Labute approximate surface area is 193 Å². The number of fused-ring (bicyclic) bond motifs is 1. The Bertz CT molecular complexity index is 1090. The summed E-state index contributed by atoms with van der Waals surface area (Å²) in [5, 5.41) is 2.85. The fourth-order valence-corrected chi connectivity index (χ4v) is 4.47. The van der Waals surface area contributed by atoms with E-state index in [-0.39, 0.29) is 17.3 Å². The minimum absolute atomic E-state index is 0.0575. The van der Waals surface area contributed by atoms with Gasteiger partial charge in [0.25, 0.3) is 0 Å². The van der Waals surface area contributed by atoms with Crippen LogP contribution in [0.1, 0.15) is 41.6 Å². The van der Waals surface area contributed by atoms with E-state index in [0.29, 0.717) is 62.5 Å². The number of hydrogen-bond donors (Lipinski definition) is 3. The maximum Gasteiger partial charge on any atom is 0.248 e. The van der Waals surface area contributed by atoms with Gasteiger partial charge in [-0.2, -0.15) is 0 Å². The molecule has 0 spiro atoms. The number of nitrogens with one attached hydrogen (secondary N) is 2. The van der Waals surface area contributed by atoms with Crippen LogP contribution in [0.25, 0.3) is 0 Å². The number of unbranched alkanes of at least 4 members (excludes halogenated alkanes) is 2. The maximum atomic E-state index is 12.5. The van der Waals surface area contributed by atoms with Crippen molar-refractivity contribution in [2.24, 2.45) is 5.73 Å². The second-order valence-electron chi connectivity index (χ2n) is 7.68. The lowest BCUT2D eigenvalue weighted by molar-refractivity contribution is -0.121. The lowest BCUT2D eigenvalue weighted by Gasteiger charge is -2.18. The van der Waals surface area contributed by atoms with Gasteiger partial charge in [-0.05, 0) is 49.1 Å². The van der Waals surface area contributed by atoms with Crippen molar-refractivity contribution in [2.75, 3.05) is 26.3 Å². The molecule has 0 saturated heterocycles. The summed E-state index contributed by atoms with van der Waals surface area (Å²) < 4.78 is 38.3. The van der Waals surface area contributed by atoms with Gasteiger partial charge in [0.15, 0.2) is 11.5 Å². The molecule has 1 heterocycles. The topological polar surface area (TPSA) is 137 Å². The fraction of sp³-hybridized carbons (Fsp3) is 0.391. The van der Waals surface area contributed by atoms with Crippen LogP contribution in [-0.2, 0) is 21.2 Å². The molecule has 1 aliphatic heterocycles. The minimum Gasteiger partial charge on any atom is -0.486 e. The normalized spacial score (nSPS) is 12.8. The highest BCUT2D eigenvalue weighted by Gasteiger charge is 2.18. The van der Waals surface area contributed by atoms with E-state index in [1.165, 1.54) is 12.1 Å². The van der Waals surface area contributed by atoms with E-state index in [1.807, 2.05) is 6.07 Å². The van der Waals surface area contributed by atoms with Gasteiger partial charge >= 0.3 is 0 Å². The molecule has 9 nitrogen and oxygen atoms in total. The fourth-order valence-electron chi connectivity index (χ4n) is 3.38. The van der Waals surface area contributed by atoms with Crippen molar-refractivity contribution in [1.29, 1.82) is 0 Å². The molecular weight excluding hydrogens is 446 g/mol. The van der Waals surface area contributed by atoms with Gasteiger partial charge in [0, 0.05) is 31.1 Å². The van der Waals surface area contributed by atoms with E-state index in [0.717, 1.165) is 12.0 Å². The van der Waals surface area contributed by atoms with E-state index in [4.69, 9.17) is 15.2 Å². The van der Waals surface area contributed by atoms with E-state index in [9.17, 15) is 18.0 Å². The van der Waals surface area contributed by atoms with Crippen LogP contribution < -0.4 is 25.2 Å². The number of carbonyl (C=O) groups is 2. The molecule has 0 aromatic heterocycles. The van der Waals surface area contributed by atoms with Gasteiger partial charge in [0.1, 0.15) is 13.2 Å². The zero-order chi connectivity index (χ0) is 23.7. The quantitative estimate of drug-likeness (QED) is 0.400. The Morgan fingerprint density at radius 1 is 0.939 bits per heavy atom. The van der Waals surface area contributed by atoms with Crippen LogP contribution in [0, 0.1) is 0 Å². The van der Waals surface area contributed by atoms with Gasteiger partial charge in [-0.1, -0.05) is 18.6 Å². The summed E-state index contributed by atoms with van der Waals surface area (Å²) in [5.74, 6) is 0.431. The van der Waals surface area contributed by atoms with Gasteiger partial charge in [-0.25, -0.2) is 13.1 Å². The van der Waals surface area contributed by atoms with Crippen molar-refractivity contribution < 1.29 is 27.5 Å². The van der Waals surface area contributed by atoms with Crippen LogP contribution in [0.2, 0.25) is 0 Å². The molecule has 0 unspecified atom stereocenters. The number of rotatable bonds is 12. The first kappa shape index (κ1) is 24.5. The van der Waals surface area contributed by atoms with Crippen LogP contribution in [0.15, 0.2) is 47.4 Å². The smallest absolute Gasteiger partial charge is 0.248 e. The van der Waals surface area contributed by atoms with Crippen LogP contribution in [0.5, 0.6) is 11.5 Å². The average molecular weight is 476 g/mol. The van der Waals surface area contributed by atoms with E-state index >= 15 is 0 Å². The highest BCUT2D eigenvalue weighted by atomic mass is 32.2. The van der Waals surface area contributed by atoms with Crippen molar-refractivity contribution in [3.63, 3.8) is 0 Å². The Morgan fingerprint density at radius 2 is 1.73 bits per heavy atom. The third kappa shape index (κ3) is 7.47. The number of primary amides is 1. The van der Waals surface area contributed by atoms with Gasteiger partial charge < -0.3 is 20.5 Å². The number of hydrogen-bond acceptors (Lipinski definition) is 6. The summed E-state index contributed by atoms with van der Waals surface area (Å²) >= 11 is 0. The van der Waals surface area contributed by atoms with Crippen LogP contribution in [-0.4, -0.2) is 46.5 Å². The maximum absolute atomic E-state index is 12.5. The van der Waals surface area contributed by atoms with Crippen LogP contribution >= 0.6 is 0 Å². The second-order valence-corrected chi connectivity index (χ2v) is 9.45. The van der Waals surface area contributed by atoms with Crippen molar-refractivity contribution in [1.82, 2.24) is 10.0 Å². The Kier molecular flexibility index (Phi) is 8.67. The lowest BCUT2D eigenvalue weighted by atomic mass is 10.1. The monoisotopic (exact) mass is 475 g/mol. The van der Waals surface area contributed by atoms with E-state index in [2.05, 4.69) is 10.0 Å². The van der Waals surface area contributed by atoms with Crippen LogP contribution in [0.4, 0.5) is 0 Å². The molecule has 3 rings (SSSR count). The lowest BCUT2D eigenvalue weighted by Crippen LogP contribution is -2.26. The predicted octanol–water partition coefficient (Wildman–Crippen LogP) is 1.75.